The molecule has 0 unspecified atom stereocenters. The summed E-state index contributed by atoms with van der Waals surface area (Å²) in [6.45, 7) is 7.78. The highest BCUT2D eigenvalue weighted by atomic mass is 79.9. The van der Waals surface area contributed by atoms with Gasteiger partial charge >= 0.3 is 0 Å². The van der Waals surface area contributed by atoms with Gasteiger partial charge in [0.15, 0.2) is 11.5 Å². The third kappa shape index (κ3) is 4.37. The molecule has 1 N–H and O–H groups in total. The normalized spacial score (nSPS) is 13.3. The van der Waals surface area contributed by atoms with Gasteiger partial charge < -0.3 is 19.5 Å². The Morgan fingerprint density at radius 3 is 2.79 bits per heavy atom. The van der Waals surface area contributed by atoms with Crippen LogP contribution in [-0.2, 0) is 11.3 Å². The van der Waals surface area contributed by atoms with Crippen LogP contribution in [0.15, 0.2) is 16.6 Å². The summed E-state index contributed by atoms with van der Waals surface area (Å²) in [5.41, 5.74) is 1.16. The van der Waals surface area contributed by atoms with Gasteiger partial charge in [-0.3, -0.25) is 0 Å². The topological polar surface area (TPSA) is 39.7 Å². The molecule has 0 aliphatic carbocycles. The number of ether oxygens (including phenoxy) is 3. The largest absolute Gasteiger partial charge is 0.454 e. The molecule has 1 aliphatic rings. The second-order valence-corrected chi connectivity index (χ2v) is 5.80. The zero-order valence-corrected chi connectivity index (χ0v) is 13.0. The average Bonchev–Trinajstić information content (AvgIpc) is 2.80. The van der Waals surface area contributed by atoms with E-state index in [1.54, 1.807) is 0 Å². The van der Waals surface area contributed by atoms with E-state index in [-0.39, 0.29) is 0 Å². The first-order chi connectivity index (χ1) is 9.16. The lowest BCUT2D eigenvalue weighted by molar-refractivity contribution is 0.111. The smallest absolute Gasteiger partial charge is 0.231 e. The maximum atomic E-state index is 5.52. The summed E-state index contributed by atoms with van der Waals surface area (Å²) < 4.78 is 17.2. The Bertz CT molecular complexity index is 423. The zero-order valence-electron chi connectivity index (χ0n) is 11.4. The molecule has 0 fully saturated rings. The molecule has 0 atom stereocenters. The molecule has 1 aliphatic heterocycles. The van der Waals surface area contributed by atoms with E-state index in [0.29, 0.717) is 12.7 Å². The average molecular weight is 330 g/mol. The van der Waals surface area contributed by atoms with Gasteiger partial charge in [0.25, 0.3) is 0 Å². The summed E-state index contributed by atoms with van der Waals surface area (Å²) in [6.07, 6.45) is 0. The fourth-order valence-corrected chi connectivity index (χ4v) is 2.24. The van der Waals surface area contributed by atoms with E-state index < -0.39 is 0 Å². The van der Waals surface area contributed by atoms with Crippen molar-refractivity contribution in [3.63, 3.8) is 0 Å². The standard InChI is InChI=1S/C14H20BrNO3/c1-10(2)8-17-4-3-16-7-11-5-13-14(6-12(11)15)19-9-18-13/h5-6,10,16H,3-4,7-9H2,1-2H3. The lowest BCUT2D eigenvalue weighted by Crippen LogP contribution is -2.20. The molecule has 5 heteroatoms. The number of hydrogen-bond acceptors (Lipinski definition) is 4. The molecular weight excluding hydrogens is 310 g/mol. The quantitative estimate of drug-likeness (QED) is 0.781. The van der Waals surface area contributed by atoms with Crippen LogP contribution in [0.25, 0.3) is 0 Å². The maximum absolute atomic E-state index is 5.52. The van der Waals surface area contributed by atoms with E-state index in [0.717, 1.165) is 47.8 Å². The van der Waals surface area contributed by atoms with Crippen molar-refractivity contribution in [3.8, 4) is 11.5 Å². The predicted molar refractivity (Wildman–Crippen MR) is 77.6 cm³/mol. The highest BCUT2D eigenvalue weighted by Gasteiger charge is 2.15. The molecule has 0 amide bonds. The molecular formula is C14H20BrNO3. The number of nitrogens with one attached hydrogen (secondary N) is 1. The van der Waals surface area contributed by atoms with Crippen molar-refractivity contribution >= 4 is 15.9 Å². The number of hydrogen-bond donors (Lipinski definition) is 1. The van der Waals surface area contributed by atoms with Gasteiger partial charge in [0.2, 0.25) is 6.79 Å². The molecule has 1 aromatic rings. The molecule has 0 saturated carbocycles. The van der Waals surface area contributed by atoms with Crippen LogP contribution in [0.4, 0.5) is 0 Å². The van der Waals surface area contributed by atoms with E-state index in [2.05, 4.69) is 35.1 Å². The fourth-order valence-electron chi connectivity index (χ4n) is 1.78. The molecule has 1 aromatic carbocycles. The highest BCUT2D eigenvalue weighted by molar-refractivity contribution is 9.10. The van der Waals surface area contributed by atoms with E-state index in [4.69, 9.17) is 14.2 Å². The Morgan fingerprint density at radius 2 is 2.05 bits per heavy atom. The first-order valence-corrected chi connectivity index (χ1v) is 7.32. The number of benzene rings is 1. The third-order valence-corrected chi connectivity index (χ3v) is 3.47. The Balaban J connectivity index is 1.74. The van der Waals surface area contributed by atoms with Crippen LogP contribution in [0.1, 0.15) is 19.4 Å². The third-order valence-electron chi connectivity index (χ3n) is 2.73. The molecule has 106 valence electrons. The van der Waals surface area contributed by atoms with Crippen molar-refractivity contribution in [3.05, 3.63) is 22.2 Å². The minimum absolute atomic E-state index is 0.307. The SMILES string of the molecule is CC(C)COCCNCc1cc2c(cc1Br)OCO2. The van der Waals surface area contributed by atoms with Crippen LogP contribution < -0.4 is 14.8 Å². The van der Waals surface area contributed by atoms with Crippen LogP contribution in [0, 0.1) is 5.92 Å². The van der Waals surface area contributed by atoms with Crippen molar-refractivity contribution in [1.82, 2.24) is 5.32 Å². The number of rotatable bonds is 7. The molecule has 0 bridgehead atoms. The van der Waals surface area contributed by atoms with Gasteiger partial charge in [-0.15, -0.1) is 0 Å². The van der Waals surface area contributed by atoms with Gasteiger partial charge in [0.1, 0.15) is 0 Å². The Kier molecular flexibility index (Phi) is 5.48. The van der Waals surface area contributed by atoms with Crippen LogP contribution in [0.5, 0.6) is 11.5 Å². The molecule has 1 heterocycles. The van der Waals surface area contributed by atoms with Crippen molar-refractivity contribution < 1.29 is 14.2 Å². The van der Waals surface area contributed by atoms with Crippen molar-refractivity contribution in [1.29, 1.82) is 0 Å². The van der Waals surface area contributed by atoms with Crippen LogP contribution >= 0.6 is 15.9 Å². The minimum Gasteiger partial charge on any atom is -0.454 e. The Labute approximate surface area is 122 Å². The molecule has 0 spiro atoms. The summed E-state index contributed by atoms with van der Waals surface area (Å²) in [4.78, 5) is 0. The number of halogens is 1. The monoisotopic (exact) mass is 329 g/mol. The van der Waals surface area contributed by atoms with E-state index >= 15 is 0 Å². The van der Waals surface area contributed by atoms with Gasteiger partial charge in [-0.1, -0.05) is 29.8 Å². The van der Waals surface area contributed by atoms with Crippen molar-refractivity contribution in [2.45, 2.75) is 20.4 Å². The Morgan fingerprint density at radius 1 is 1.32 bits per heavy atom. The van der Waals surface area contributed by atoms with Crippen LogP contribution in [0.2, 0.25) is 0 Å². The van der Waals surface area contributed by atoms with E-state index in [9.17, 15) is 0 Å². The fraction of sp³-hybridized carbons (Fsp3) is 0.571. The van der Waals surface area contributed by atoms with E-state index in [1.807, 2.05) is 12.1 Å². The maximum Gasteiger partial charge on any atom is 0.231 e. The van der Waals surface area contributed by atoms with Crippen LogP contribution in [0.3, 0.4) is 0 Å². The van der Waals surface area contributed by atoms with Crippen molar-refractivity contribution in [2.75, 3.05) is 26.6 Å². The second kappa shape index (κ2) is 7.12. The first kappa shape index (κ1) is 14.6. The molecule has 4 nitrogen and oxygen atoms in total. The predicted octanol–water partition coefficient (Wildman–Crippen LogP) is 2.94. The molecule has 19 heavy (non-hydrogen) atoms. The summed E-state index contributed by atoms with van der Waals surface area (Å²) in [5.74, 6) is 2.20. The van der Waals surface area contributed by atoms with E-state index in [1.165, 1.54) is 0 Å². The second-order valence-electron chi connectivity index (χ2n) is 4.94. The summed E-state index contributed by atoms with van der Waals surface area (Å²) in [6, 6.07) is 3.96. The minimum atomic E-state index is 0.307. The molecule has 0 saturated heterocycles. The lowest BCUT2D eigenvalue weighted by atomic mass is 10.2. The van der Waals surface area contributed by atoms with Crippen molar-refractivity contribution in [2.24, 2.45) is 5.92 Å². The lowest BCUT2D eigenvalue weighted by Gasteiger charge is -2.09. The van der Waals surface area contributed by atoms with Gasteiger partial charge in [0.05, 0.1) is 6.61 Å². The highest BCUT2D eigenvalue weighted by Crippen LogP contribution is 2.36. The Hall–Kier alpha value is -0.780. The summed E-state index contributed by atoms with van der Waals surface area (Å²) in [5, 5.41) is 3.36. The first-order valence-electron chi connectivity index (χ1n) is 6.53. The van der Waals surface area contributed by atoms with Gasteiger partial charge in [0, 0.05) is 24.2 Å². The summed E-state index contributed by atoms with van der Waals surface area (Å²) >= 11 is 3.54. The molecule has 2 rings (SSSR count). The molecule has 0 radical (unpaired) electrons. The number of fused-ring (bicyclic) bond motifs is 1. The molecule has 0 aromatic heterocycles. The van der Waals surface area contributed by atoms with Gasteiger partial charge in [-0.25, -0.2) is 0 Å². The zero-order chi connectivity index (χ0) is 13.7. The summed E-state index contributed by atoms with van der Waals surface area (Å²) in [7, 11) is 0. The van der Waals surface area contributed by atoms with Crippen LogP contribution in [-0.4, -0.2) is 26.6 Å². The van der Waals surface area contributed by atoms with Gasteiger partial charge in [-0.05, 0) is 23.6 Å². The van der Waals surface area contributed by atoms with Gasteiger partial charge in [-0.2, -0.15) is 0 Å².